The molecule has 0 fully saturated rings. The van der Waals surface area contributed by atoms with Gasteiger partial charge in [-0.2, -0.15) is 0 Å². The fourth-order valence-electron chi connectivity index (χ4n) is 1.21. The Balaban J connectivity index is 2.40. The molecule has 0 aliphatic rings. The molecule has 100 valence electrons. The van der Waals surface area contributed by atoms with Crippen LogP contribution in [0.5, 0.6) is 0 Å². The van der Waals surface area contributed by atoms with Crippen LogP contribution in [-0.4, -0.2) is 25.5 Å². The fourth-order valence-corrected chi connectivity index (χ4v) is 1.44. The minimum Gasteiger partial charge on any atom is -0.397 e. The number of nitrogens with two attached hydrogens (primary N) is 1. The van der Waals surface area contributed by atoms with Crippen molar-refractivity contribution in [1.29, 1.82) is 0 Å². The van der Waals surface area contributed by atoms with Crippen LogP contribution in [-0.2, 0) is 9.53 Å². The first-order chi connectivity index (χ1) is 8.50. The van der Waals surface area contributed by atoms with Gasteiger partial charge in [0.1, 0.15) is 6.61 Å². The molecule has 1 amide bonds. The number of hydrogen-bond donors (Lipinski definition) is 2. The van der Waals surface area contributed by atoms with Crippen molar-refractivity contribution in [2.45, 2.75) is 12.8 Å². The van der Waals surface area contributed by atoms with Crippen molar-refractivity contribution in [2.24, 2.45) is 0 Å². The Kier molecular flexibility index (Phi) is 5.80. The van der Waals surface area contributed by atoms with Crippen LogP contribution in [0, 0.1) is 0 Å². The van der Waals surface area contributed by atoms with E-state index in [9.17, 15) is 13.6 Å². The zero-order chi connectivity index (χ0) is 13.5. The van der Waals surface area contributed by atoms with Gasteiger partial charge in [0.05, 0.1) is 29.4 Å². The summed E-state index contributed by atoms with van der Waals surface area (Å²) in [5.74, 6) is -0.399. The predicted molar refractivity (Wildman–Crippen MR) is 65.9 cm³/mol. The number of amides is 1. The number of halogens is 3. The van der Waals surface area contributed by atoms with Crippen molar-refractivity contribution in [2.75, 3.05) is 24.3 Å². The van der Waals surface area contributed by atoms with Gasteiger partial charge in [-0.05, 0) is 12.1 Å². The Labute approximate surface area is 108 Å². The van der Waals surface area contributed by atoms with Gasteiger partial charge < -0.3 is 15.8 Å². The topological polar surface area (TPSA) is 64.3 Å². The third kappa shape index (κ3) is 4.85. The smallest absolute Gasteiger partial charge is 0.261 e. The molecule has 0 atom stereocenters. The molecule has 4 nitrogen and oxygen atoms in total. The Bertz CT molecular complexity index is 396. The largest absolute Gasteiger partial charge is 0.397 e. The number of para-hydroxylation sites is 1. The molecule has 0 unspecified atom stereocenters. The normalized spacial score (nSPS) is 10.7. The van der Waals surface area contributed by atoms with Gasteiger partial charge in [-0.1, -0.05) is 17.7 Å². The van der Waals surface area contributed by atoms with Gasteiger partial charge in [-0.3, -0.25) is 4.79 Å². The highest BCUT2D eigenvalue weighted by atomic mass is 35.5. The summed E-state index contributed by atoms with van der Waals surface area (Å²) < 4.78 is 28.1. The van der Waals surface area contributed by atoms with E-state index in [1.165, 1.54) is 0 Å². The molecule has 0 bridgehead atoms. The summed E-state index contributed by atoms with van der Waals surface area (Å²) in [6.07, 6.45) is -2.58. The monoisotopic (exact) mass is 278 g/mol. The minimum absolute atomic E-state index is 0.0443. The summed E-state index contributed by atoms with van der Waals surface area (Å²) in [6, 6.07) is 4.83. The van der Waals surface area contributed by atoms with E-state index in [1.54, 1.807) is 18.2 Å². The van der Waals surface area contributed by atoms with Crippen LogP contribution in [0.4, 0.5) is 20.2 Å². The van der Waals surface area contributed by atoms with Crippen LogP contribution in [0.15, 0.2) is 18.2 Å². The van der Waals surface area contributed by atoms with Crippen molar-refractivity contribution in [3.63, 3.8) is 0 Å². The summed E-state index contributed by atoms with van der Waals surface area (Å²) in [5.41, 5.74) is 6.29. The van der Waals surface area contributed by atoms with E-state index in [-0.39, 0.29) is 13.0 Å². The molecule has 0 aliphatic heterocycles. The SMILES string of the molecule is Nc1cccc(Cl)c1NC(=O)CCOCC(F)F. The summed E-state index contributed by atoms with van der Waals surface area (Å²) >= 11 is 5.85. The number of benzene rings is 1. The van der Waals surface area contributed by atoms with Gasteiger partial charge in [-0.25, -0.2) is 8.78 Å². The molecule has 1 rings (SSSR count). The number of carbonyl (C=O) groups is 1. The number of ether oxygens (including phenoxy) is 1. The van der Waals surface area contributed by atoms with Gasteiger partial charge in [0.25, 0.3) is 6.43 Å². The highest BCUT2D eigenvalue weighted by Gasteiger charge is 2.09. The summed E-state index contributed by atoms with van der Waals surface area (Å²) in [7, 11) is 0. The van der Waals surface area contributed by atoms with Gasteiger partial charge in [0.15, 0.2) is 0 Å². The van der Waals surface area contributed by atoms with Crippen molar-refractivity contribution >= 4 is 28.9 Å². The van der Waals surface area contributed by atoms with E-state index in [1.807, 2.05) is 0 Å². The van der Waals surface area contributed by atoms with Crippen LogP contribution in [0.1, 0.15) is 6.42 Å². The maximum absolute atomic E-state index is 11.8. The van der Waals surface area contributed by atoms with E-state index in [2.05, 4.69) is 10.1 Å². The predicted octanol–water partition coefficient (Wildman–Crippen LogP) is 2.53. The minimum atomic E-state index is -2.53. The fraction of sp³-hybridized carbons (Fsp3) is 0.364. The second kappa shape index (κ2) is 7.13. The Morgan fingerprint density at radius 1 is 1.50 bits per heavy atom. The van der Waals surface area contributed by atoms with Gasteiger partial charge in [0.2, 0.25) is 5.91 Å². The number of nitrogens with one attached hydrogen (secondary N) is 1. The number of rotatable bonds is 6. The molecule has 0 aromatic heterocycles. The third-order valence-electron chi connectivity index (χ3n) is 2.03. The van der Waals surface area contributed by atoms with Crippen LogP contribution in [0.25, 0.3) is 0 Å². The molecule has 0 spiro atoms. The van der Waals surface area contributed by atoms with Crippen LogP contribution >= 0.6 is 11.6 Å². The average Bonchev–Trinajstić information content (AvgIpc) is 2.29. The van der Waals surface area contributed by atoms with Crippen molar-refractivity contribution in [3.8, 4) is 0 Å². The van der Waals surface area contributed by atoms with Crippen LogP contribution in [0.3, 0.4) is 0 Å². The van der Waals surface area contributed by atoms with E-state index in [0.717, 1.165) is 0 Å². The number of alkyl halides is 2. The van der Waals surface area contributed by atoms with Crippen molar-refractivity contribution in [3.05, 3.63) is 23.2 Å². The Morgan fingerprint density at radius 2 is 2.22 bits per heavy atom. The first-order valence-corrected chi connectivity index (χ1v) is 5.58. The van der Waals surface area contributed by atoms with E-state index in [0.29, 0.717) is 16.4 Å². The zero-order valence-corrected chi connectivity index (χ0v) is 10.2. The Hall–Kier alpha value is -1.40. The zero-order valence-electron chi connectivity index (χ0n) is 9.46. The second-order valence-corrected chi connectivity index (χ2v) is 3.88. The maximum Gasteiger partial charge on any atom is 0.261 e. The number of nitrogen functional groups attached to an aromatic ring is 1. The highest BCUT2D eigenvalue weighted by molar-refractivity contribution is 6.34. The lowest BCUT2D eigenvalue weighted by molar-refractivity contribution is -0.117. The number of hydrogen-bond acceptors (Lipinski definition) is 3. The first kappa shape index (κ1) is 14.7. The average molecular weight is 279 g/mol. The van der Waals surface area contributed by atoms with Gasteiger partial charge in [-0.15, -0.1) is 0 Å². The maximum atomic E-state index is 11.8. The Morgan fingerprint density at radius 3 is 2.83 bits per heavy atom. The second-order valence-electron chi connectivity index (χ2n) is 3.47. The van der Waals surface area contributed by atoms with Gasteiger partial charge in [0, 0.05) is 0 Å². The van der Waals surface area contributed by atoms with Crippen LogP contribution in [0.2, 0.25) is 5.02 Å². The molecule has 1 aromatic carbocycles. The van der Waals surface area contributed by atoms with E-state index in [4.69, 9.17) is 17.3 Å². The van der Waals surface area contributed by atoms with Crippen LogP contribution < -0.4 is 11.1 Å². The molecule has 3 N–H and O–H groups in total. The number of carbonyl (C=O) groups excluding carboxylic acids is 1. The van der Waals surface area contributed by atoms with Crippen molar-refractivity contribution in [1.82, 2.24) is 0 Å². The third-order valence-corrected chi connectivity index (χ3v) is 2.34. The molecule has 0 aliphatic carbocycles. The van der Waals surface area contributed by atoms with Gasteiger partial charge >= 0.3 is 0 Å². The molecule has 0 saturated heterocycles. The number of anilines is 2. The molecule has 1 aromatic rings. The highest BCUT2D eigenvalue weighted by Crippen LogP contribution is 2.27. The summed E-state index contributed by atoms with van der Waals surface area (Å²) in [6.45, 7) is -0.762. The van der Waals surface area contributed by atoms with E-state index >= 15 is 0 Å². The molecular formula is C11H13ClF2N2O2. The molecule has 0 saturated carbocycles. The molecule has 0 radical (unpaired) electrons. The standard InChI is InChI=1S/C11H13ClF2N2O2/c12-7-2-1-3-8(15)11(7)16-10(17)4-5-18-6-9(13)14/h1-3,9H,4-6,15H2,(H,16,17). The molecule has 18 heavy (non-hydrogen) atoms. The lowest BCUT2D eigenvalue weighted by Crippen LogP contribution is -2.16. The lowest BCUT2D eigenvalue weighted by Gasteiger charge is -2.10. The molecule has 0 heterocycles. The van der Waals surface area contributed by atoms with Crippen molar-refractivity contribution < 1.29 is 18.3 Å². The molecular weight excluding hydrogens is 266 g/mol. The summed E-state index contributed by atoms with van der Waals surface area (Å²) in [5, 5.41) is 2.82. The first-order valence-electron chi connectivity index (χ1n) is 5.20. The lowest BCUT2D eigenvalue weighted by atomic mass is 10.2. The van der Waals surface area contributed by atoms with E-state index < -0.39 is 18.9 Å². The quantitative estimate of drug-likeness (QED) is 0.621. The molecule has 7 heteroatoms. The summed E-state index contributed by atoms with van der Waals surface area (Å²) in [4.78, 5) is 11.5.